The number of aryl methyl sites for hydroxylation is 1. The number of anilines is 1. The Kier molecular flexibility index (Phi) is 3.53. The van der Waals surface area contributed by atoms with Crippen LogP contribution in [0.25, 0.3) is 11.3 Å². The molecule has 0 amide bonds. The van der Waals surface area contributed by atoms with E-state index in [9.17, 15) is 0 Å². The summed E-state index contributed by atoms with van der Waals surface area (Å²) in [5.74, 6) is 0. The predicted molar refractivity (Wildman–Crippen MR) is 89.6 cm³/mol. The van der Waals surface area contributed by atoms with Crippen molar-refractivity contribution in [2.24, 2.45) is 0 Å². The molecule has 106 valence electrons. The topological polar surface area (TPSA) is 8.17 Å². The van der Waals surface area contributed by atoms with Gasteiger partial charge in [0.2, 0.25) is 0 Å². The highest BCUT2D eigenvalue weighted by Crippen LogP contribution is 2.27. The zero-order valence-corrected chi connectivity index (χ0v) is 12.7. The van der Waals surface area contributed by atoms with Crippen molar-refractivity contribution in [2.75, 3.05) is 12.1 Å². The van der Waals surface area contributed by atoms with Crippen LogP contribution in [0.15, 0.2) is 66.7 Å². The summed E-state index contributed by atoms with van der Waals surface area (Å²) < 4.78 is 2.28. The van der Waals surface area contributed by atoms with Gasteiger partial charge in [0, 0.05) is 18.3 Å². The smallest absolute Gasteiger partial charge is 0.0704 e. The van der Waals surface area contributed by atoms with Gasteiger partial charge in [0.25, 0.3) is 0 Å². The fraction of sp³-hybridized carbons (Fsp3) is 0.158. The molecule has 3 aromatic rings. The summed E-state index contributed by atoms with van der Waals surface area (Å²) in [6.07, 6.45) is 0. The molecule has 0 N–H and O–H groups in total. The second kappa shape index (κ2) is 5.49. The molecular formula is C19H20N2. The molecule has 0 unspecified atom stereocenters. The van der Waals surface area contributed by atoms with Gasteiger partial charge in [-0.1, -0.05) is 48.5 Å². The number of hydrogen-bond acceptors (Lipinski definition) is 1. The molecule has 0 aliphatic carbocycles. The lowest BCUT2D eigenvalue weighted by Crippen LogP contribution is -2.26. The van der Waals surface area contributed by atoms with Gasteiger partial charge < -0.3 is 0 Å². The molecule has 0 aliphatic heterocycles. The highest BCUT2D eigenvalue weighted by atomic mass is 15.5. The molecule has 0 saturated carbocycles. The van der Waals surface area contributed by atoms with Crippen LogP contribution in [-0.4, -0.2) is 11.7 Å². The third-order valence-electron chi connectivity index (χ3n) is 3.97. The standard InChI is InChI=1S/C19H20N2/c1-15-14-19(17-10-6-4-7-11-17)21(16(15)2)20(3)18-12-8-5-9-13-18/h4-14H,1-3H3. The maximum Gasteiger partial charge on any atom is 0.0704 e. The first-order chi connectivity index (χ1) is 10.2. The van der Waals surface area contributed by atoms with Crippen LogP contribution in [0.4, 0.5) is 5.69 Å². The Morgan fingerprint density at radius 3 is 2.00 bits per heavy atom. The lowest BCUT2D eigenvalue weighted by Gasteiger charge is -2.25. The van der Waals surface area contributed by atoms with Gasteiger partial charge in [0.1, 0.15) is 0 Å². The molecular weight excluding hydrogens is 256 g/mol. The van der Waals surface area contributed by atoms with Crippen LogP contribution in [0, 0.1) is 13.8 Å². The summed E-state index contributed by atoms with van der Waals surface area (Å²) in [7, 11) is 2.11. The molecule has 0 spiro atoms. The van der Waals surface area contributed by atoms with E-state index in [1.54, 1.807) is 0 Å². The van der Waals surface area contributed by atoms with Gasteiger partial charge in [-0.2, -0.15) is 0 Å². The minimum Gasteiger partial charge on any atom is -0.284 e. The van der Waals surface area contributed by atoms with Crippen molar-refractivity contribution in [1.29, 1.82) is 0 Å². The third kappa shape index (κ3) is 2.45. The lowest BCUT2D eigenvalue weighted by atomic mass is 10.1. The molecule has 0 saturated heterocycles. The summed E-state index contributed by atoms with van der Waals surface area (Å²) in [5.41, 5.74) is 6.19. The molecule has 2 nitrogen and oxygen atoms in total. The maximum absolute atomic E-state index is 2.28. The Bertz CT molecular complexity index is 727. The summed E-state index contributed by atoms with van der Waals surface area (Å²) in [6, 6.07) is 23.2. The normalized spacial score (nSPS) is 10.6. The molecule has 1 heterocycles. The molecule has 0 bridgehead atoms. The van der Waals surface area contributed by atoms with E-state index in [-0.39, 0.29) is 0 Å². The summed E-state index contributed by atoms with van der Waals surface area (Å²) >= 11 is 0. The second-order valence-electron chi connectivity index (χ2n) is 5.33. The molecule has 1 aromatic heterocycles. The quantitative estimate of drug-likeness (QED) is 0.675. The first kappa shape index (κ1) is 13.5. The van der Waals surface area contributed by atoms with Gasteiger partial charge in [-0.15, -0.1) is 0 Å². The van der Waals surface area contributed by atoms with Crippen molar-refractivity contribution < 1.29 is 0 Å². The molecule has 0 radical (unpaired) electrons. The Hall–Kier alpha value is -2.48. The molecule has 21 heavy (non-hydrogen) atoms. The fourth-order valence-electron chi connectivity index (χ4n) is 2.68. The molecule has 0 atom stereocenters. The Morgan fingerprint density at radius 2 is 1.38 bits per heavy atom. The first-order valence-corrected chi connectivity index (χ1v) is 7.22. The van der Waals surface area contributed by atoms with Crippen molar-refractivity contribution in [1.82, 2.24) is 4.68 Å². The zero-order valence-electron chi connectivity index (χ0n) is 12.7. The van der Waals surface area contributed by atoms with Crippen LogP contribution < -0.4 is 5.01 Å². The zero-order chi connectivity index (χ0) is 14.8. The minimum absolute atomic E-state index is 1.17. The van der Waals surface area contributed by atoms with Gasteiger partial charge in [-0.25, -0.2) is 0 Å². The van der Waals surface area contributed by atoms with Gasteiger partial charge in [-0.05, 0) is 37.6 Å². The summed E-state index contributed by atoms with van der Waals surface area (Å²) in [4.78, 5) is 0. The van der Waals surface area contributed by atoms with Gasteiger partial charge in [0.05, 0.1) is 11.4 Å². The molecule has 3 rings (SSSR count). The number of hydrogen-bond donors (Lipinski definition) is 0. The monoisotopic (exact) mass is 276 g/mol. The summed E-state index contributed by atoms with van der Waals surface area (Å²) in [6.45, 7) is 4.33. The van der Waals surface area contributed by atoms with Crippen molar-refractivity contribution in [3.63, 3.8) is 0 Å². The van der Waals surface area contributed by atoms with Crippen LogP contribution in [0.2, 0.25) is 0 Å². The number of para-hydroxylation sites is 1. The van der Waals surface area contributed by atoms with Crippen LogP contribution >= 0.6 is 0 Å². The van der Waals surface area contributed by atoms with Crippen molar-refractivity contribution in [2.45, 2.75) is 13.8 Å². The van der Waals surface area contributed by atoms with Gasteiger partial charge >= 0.3 is 0 Å². The molecule has 2 aromatic carbocycles. The first-order valence-electron chi connectivity index (χ1n) is 7.22. The second-order valence-corrected chi connectivity index (χ2v) is 5.33. The van der Waals surface area contributed by atoms with E-state index < -0.39 is 0 Å². The number of aromatic nitrogens is 1. The largest absolute Gasteiger partial charge is 0.284 e. The van der Waals surface area contributed by atoms with Crippen molar-refractivity contribution in [3.05, 3.63) is 78.0 Å². The van der Waals surface area contributed by atoms with E-state index in [1.807, 2.05) is 6.07 Å². The number of rotatable bonds is 3. The van der Waals surface area contributed by atoms with Crippen molar-refractivity contribution >= 4 is 5.69 Å². The molecule has 0 fully saturated rings. The van der Waals surface area contributed by atoms with E-state index in [2.05, 4.69) is 91.2 Å². The van der Waals surface area contributed by atoms with Crippen LogP contribution in [-0.2, 0) is 0 Å². The van der Waals surface area contributed by atoms with E-state index in [0.29, 0.717) is 0 Å². The van der Waals surface area contributed by atoms with Gasteiger partial charge in [-0.3, -0.25) is 9.69 Å². The number of benzene rings is 2. The molecule has 0 aliphatic rings. The van der Waals surface area contributed by atoms with Gasteiger partial charge in [0.15, 0.2) is 0 Å². The highest BCUT2D eigenvalue weighted by Gasteiger charge is 2.14. The van der Waals surface area contributed by atoms with Crippen LogP contribution in [0.5, 0.6) is 0 Å². The Balaban J connectivity index is 2.14. The Morgan fingerprint density at radius 1 is 0.810 bits per heavy atom. The van der Waals surface area contributed by atoms with Crippen LogP contribution in [0.3, 0.4) is 0 Å². The third-order valence-corrected chi connectivity index (χ3v) is 3.97. The number of nitrogens with zero attached hydrogens (tertiary/aromatic N) is 2. The van der Waals surface area contributed by atoms with Crippen LogP contribution in [0.1, 0.15) is 11.3 Å². The van der Waals surface area contributed by atoms with E-state index in [0.717, 1.165) is 0 Å². The molecule has 2 heteroatoms. The van der Waals surface area contributed by atoms with Crippen molar-refractivity contribution in [3.8, 4) is 11.3 Å². The maximum atomic E-state index is 2.28. The van der Waals surface area contributed by atoms with E-state index >= 15 is 0 Å². The Labute approximate surface area is 126 Å². The SMILES string of the molecule is Cc1cc(-c2ccccc2)n(N(C)c2ccccc2)c1C. The minimum atomic E-state index is 1.17. The fourth-order valence-corrected chi connectivity index (χ4v) is 2.68. The lowest BCUT2D eigenvalue weighted by molar-refractivity contribution is 0.759. The van der Waals surface area contributed by atoms with E-state index in [4.69, 9.17) is 0 Å². The van der Waals surface area contributed by atoms with E-state index in [1.165, 1.54) is 28.2 Å². The predicted octanol–water partition coefficient (Wildman–Crippen LogP) is 4.67. The average Bonchev–Trinajstić information content (AvgIpc) is 2.84. The average molecular weight is 276 g/mol. The summed E-state index contributed by atoms with van der Waals surface area (Å²) in [5, 5.41) is 2.20. The highest BCUT2D eigenvalue weighted by molar-refractivity contribution is 5.64.